The summed E-state index contributed by atoms with van der Waals surface area (Å²) in [6.45, 7) is 6.37. The second-order valence-electron chi connectivity index (χ2n) is 4.13. The predicted molar refractivity (Wildman–Crippen MR) is 49.5 cm³/mol. The maximum Gasteiger partial charge on any atom is 0.105 e. The highest BCUT2D eigenvalue weighted by Crippen LogP contribution is 2.19. The highest BCUT2D eigenvalue weighted by molar-refractivity contribution is 5.40. The molecule has 68 valence electrons. The van der Waals surface area contributed by atoms with Crippen molar-refractivity contribution in [1.82, 2.24) is 19.8 Å². The quantitative estimate of drug-likeness (QED) is 0.609. The van der Waals surface area contributed by atoms with Crippen LogP contribution in [0.25, 0.3) is 5.52 Å². The molecule has 0 bridgehead atoms. The number of rotatable bonds is 0. The van der Waals surface area contributed by atoms with Crippen molar-refractivity contribution in [2.24, 2.45) is 0 Å². The summed E-state index contributed by atoms with van der Waals surface area (Å²) in [6.07, 6.45) is 5.41. The molecule has 0 aliphatic carbocycles. The van der Waals surface area contributed by atoms with Gasteiger partial charge in [0.1, 0.15) is 5.52 Å². The fourth-order valence-electron chi connectivity index (χ4n) is 1.12. The Labute approximate surface area is 76.6 Å². The third kappa shape index (κ3) is 1.39. The van der Waals surface area contributed by atoms with E-state index in [2.05, 4.69) is 36.1 Å². The van der Waals surface area contributed by atoms with Crippen LogP contribution in [0, 0.1) is 0 Å². The van der Waals surface area contributed by atoms with Crippen molar-refractivity contribution in [3.63, 3.8) is 0 Å². The second kappa shape index (κ2) is 2.52. The Balaban J connectivity index is 2.61. The minimum atomic E-state index is 0.0557. The molecule has 0 aliphatic rings. The van der Waals surface area contributed by atoms with E-state index in [-0.39, 0.29) is 5.41 Å². The molecule has 2 aromatic rings. The van der Waals surface area contributed by atoms with Gasteiger partial charge in [-0.3, -0.25) is 4.98 Å². The first-order chi connectivity index (χ1) is 6.07. The van der Waals surface area contributed by atoms with E-state index in [0.29, 0.717) is 0 Å². The Hall–Kier alpha value is -1.45. The molecule has 4 heteroatoms. The van der Waals surface area contributed by atoms with Crippen molar-refractivity contribution < 1.29 is 0 Å². The van der Waals surface area contributed by atoms with Crippen LogP contribution in [0.2, 0.25) is 0 Å². The number of hydrogen-bond acceptors (Lipinski definition) is 3. The van der Waals surface area contributed by atoms with Crippen LogP contribution in [0.15, 0.2) is 18.6 Å². The molecule has 0 radical (unpaired) electrons. The van der Waals surface area contributed by atoms with E-state index in [1.54, 1.807) is 16.9 Å². The second-order valence-corrected chi connectivity index (χ2v) is 4.13. The molecule has 2 rings (SSSR count). The lowest BCUT2D eigenvalue weighted by Gasteiger charge is -2.16. The summed E-state index contributed by atoms with van der Waals surface area (Å²) in [7, 11) is 0. The maximum absolute atomic E-state index is 4.35. The van der Waals surface area contributed by atoms with Gasteiger partial charge in [0.15, 0.2) is 0 Å². The van der Waals surface area contributed by atoms with E-state index in [0.717, 1.165) is 11.2 Å². The lowest BCUT2D eigenvalue weighted by molar-refractivity contribution is 0.562. The van der Waals surface area contributed by atoms with Crippen LogP contribution in [0.5, 0.6) is 0 Å². The first kappa shape index (κ1) is 8.16. The molecular formula is C9H12N4. The van der Waals surface area contributed by atoms with Gasteiger partial charge in [0.25, 0.3) is 0 Å². The van der Waals surface area contributed by atoms with Gasteiger partial charge >= 0.3 is 0 Å². The van der Waals surface area contributed by atoms with Gasteiger partial charge in [-0.15, -0.1) is 5.10 Å². The Morgan fingerprint density at radius 1 is 1.23 bits per heavy atom. The zero-order chi connectivity index (χ0) is 9.47. The molecule has 0 aromatic carbocycles. The van der Waals surface area contributed by atoms with Crippen LogP contribution in [0.3, 0.4) is 0 Å². The van der Waals surface area contributed by atoms with Crippen LogP contribution in [-0.4, -0.2) is 19.8 Å². The molecule has 0 amide bonds. The Kier molecular flexibility index (Phi) is 1.58. The average Bonchev–Trinajstić information content (AvgIpc) is 2.47. The summed E-state index contributed by atoms with van der Waals surface area (Å²) < 4.78 is 1.74. The summed E-state index contributed by atoms with van der Waals surface area (Å²) in [5.41, 5.74) is 2.00. The normalized spacial score (nSPS) is 12.2. The predicted octanol–water partition coefficient (Wildman–Crippen LogP) is 1.42. The Morgan fingerprint density at radius 2 is 2.00 bits per heavy atom. The average molecular weight is 176 g/mol. The van der Waals surface area contributed by atoms with E-state index < -0.39 is 0 Å². The van der Waals surface area contributed by atoms with E-state index in [9.17, 15) is 0 Å². The molecule has 2 aromatic heterocycles. The zero-order valence-electron chi connectivity index (χ0n) is 8.02. The summed E-state index contributed by atoms with van der Waals surface area (Å²) in [5, 5.41) is 7.72. The van der Waals surface area contributed by atoms with E-state index >= 15 is 0 Å². The number of fused-ring (bicyclic) bond motifs is 1. The van der Waals surface area contributed by atoms with Gasteiger partial charge < -0.3 is 0 Å². The maximum atomic E-state index is 4.35. The van der Waals surface area contributed by atoms with Crippen molar-refractivity contribution in [2.45, 2.75) is 26.2 Å². The van der Waals surface area contributed by atoms with Gasteiger partial charge in [-0.1, -0.05) is 26.0 Å². The zero-order valence-corrected chi connectivity index (χ0v) is 8.02. The summed E-state index contributed by atoms with van der Waals surface area (Å²) in [4.78, 5) is 4.35. The largest absolute Gasteiger partial charge is 0.257 e. The monoisotopic (exact) mass is 176 g/mol. The van der Waals surface area contributed by atoms with Gasteiger partial charge in [0.2, 0.25) is 0 Å². The lowest BCUT2D eigenvalue weighted by atomic mass is 9.93. The van der Waals surface area contributed by atoms with Crippen molar-refractivity contribution in [3.05, 3.63) is 24.3 Å². The lowest BCUT2D eigenvalue weighted by Crippen LogP contribution is -2.14. The van der Waals surface area contributed by atoms with E-state index in [1.807, 2.05) is 6.20 Å². The highest BCUT2D eigenvalue weighted by Gasteiger charge is 2.15. The topological polar surface area (TPSA) is 43.1 Å². The van der Waals surface area contributed by atoms with Crippen LogP contribution in [-0.2, 0) is 5.41 Å². The molecule has 13 heavy (non-hydrogen) atoms. The van der Waals surface area contributed by atoms with E-state index in [1.165, 1.54) is 0 Å². The van der Waals surface area contributed by atoms with Crippen molar-refractivity contribution in [1.29, 1.82) is 0 Å². The summed E-state index contributed by atoms with van der Waals surface area (Å²) >= 11 is 0. The number of hydrogen-bond donors (Lipinski definition) is 0. The summed E-state index contributed by atoms with van der Waals surface area (Å²) in [5.74, 6) is 0. The Bertz CT molecular complexity index is 424. The minimum Gasteiger partial charge on any atom is -0.257 e. The van der Waals surface area contributed by atoms with Crippen LogP contribution in [0.4, 0.5) is 0 Å². The molecule has 0 fully saturated rings. The van der Waals surface area contributed by atoms with Gasteiger partial charge in [0, 0.05) is 5.41 Å². The van der Waals surface area contributed by atoms with Gasteiger partial charge in [-0.25, -0.2) is 4.52 Å². The number of nitrogens with zero attached hydrogens (tertiary/aromatic N) is 4. The Morgan fingerprint density at radius 3 is 2.69 bits per heavy atom. The van der Waals surface area contributed by atoms with Gasteiger partial charge in [0.05, 0.1) is 24.3 Å². The van der Waals surface area contributed by atoms with Crippen molar-refractivity contribution >= 4 is 5.52 Å². The molecule has 0 unspecified atom stereocenters. The molecule has 0 N–H and O–H groups in total. The summed E-state index contributed by atoms with van der Waals surface area (Å²) in [6, 6.07) is 0. The molecular weight excluding hydrogens is 164 g/mol. The minimum absolute atomic E-state index is 0.0557. The molecule has 4 nitrogen and oxygen atoms in total. The first-order valence-electron chi connectivity index (χ1n) is 4.24. The number of aromatic nitrogens is 4. The molecule has 0 saturated heterocycles. The van der Waals surface area contributed by atoms with E-state index in [4.69, 9.17) is 0 Å². The third-order valence-electron chi connectivity index (χ3n) is 1.95. The smallest absolute Gasteiger partial charge is 0.105 e. The highest BCUT2D eigenvalue weighted by atomic mass is 15.4. The first-order valence-corrected chi connectivity index (χ1v) is 4.24. The van der Waals surface area contributed by atoms with Crippen molar-refractivity contribution in [2.75, 3.05) is 0 Å². The van der Waals surface area contributed by atoms with Gasteiger partial charge in [-0.2, -0.15) is 0 Å². The van der Waals surface area contributed by atoms with Crippen LogP contribution >= 0.6 is 0 Å². The van der Waals surface area contributed by atoms with Crippen LogP contribution in [0.1, 0.15) is 26.5 Å². The fraction of sp³-hybridized carbons (Fsp3) is 0.444. The molecule has 0 atom stereocenters. The fourth-order valence-corrected chi connectivity index (χ4v) is 1.12. The SMILES string of the molecule is CC(C)(C)c1cn2nncc2cn1. The molecule has 2 heterocycles. The molecule has 0 saturated carbocycles. The third-order valence-corrected chi connectivity index (χ3v) is 1.95. The van der Waals surface area contributed by atoms with Crippen LogP contribution < -0.4 is 0 Å². The van der Waals surface area contributed by atoms with Gasteiger partial charge in [-0.05, 0) is 0 Å². The standard InChI is InChI=1S/C9H12N4/c1-9(2,3)8-6-13-7(4-10-8)5-11-12-13/h4-6H,1-3H3. The van der Waals surface area contributed by atoms with Crippen molar-refractivity contribution in [3.8, 4) is 0 Å². The molecule has 0 aliphatic heterocycles. The molecule has 0 spiro atoms.